The maximum absolute atomic E-state index is 3.51. The van der Waals surface area contributed by atoms with Gasteiger partial charge in [-0.15, -0.1) is 0 Å². The van der Waals surface area contributed by atoms with E-state index in [0.29, 0.717) is 6.04 Å². The van der Waals surface area contributed by atoms with Crippen LogP contribution in [0.2, 0.25) is 0 Å². The molecule has 1 fully saturated rings. The van der Waals surface area contributed by atoms with E-state index in [0.717, 1.165) is 19.0 Å². The summed E-state index contributed by atoms with van der Waals surface area (Å²) in [6.45, 7) is 10.2. The first-order valence-corrected chi connectivity index (χ1v) is 8.10. The van der Waals surface area contributed by atoms with Crippen molar-refractivity contribution in [3.8, 4) is 0 Å². The minimum atomic E-state index is 0.439. The fourth-order valence-corrected chi connectivity index (χ4v) is 3.21. The van der Waals surface area contributed by atoms with Gasteiger partial charge in [0.15, 0.2) is 0 Å². The van der Waals surface area contributed by atoms with Crippen LogP contribution in [0.25, 0.3) is 0 Å². The average Bonchev–Trinajstić information content (AvgIpc) is 2.36. The van der Waals surface area contributed by atoms with E-state index in [1.54, 1.807) is 0 Å². The molecule has 112 valence electrons. The molecule has 20 heavy (non-hydrogen) atoms. The van der Waals surface area contributed by atoms with Crippen molar-refractivity contribution in [1.29, 1.82) is 0 Å². The van der Waals surface area contributed by atoms with Crippen LogP contribution in [0.1, 0.15) is 48.9 Å². The van der Waals surface area contributed by atoms with E-state index in [1.807, 2.05) is 0 Å². The first-order valence-electron chi connectivity index (χ1n) is 8.10. The molecule has 0 bridgehead atoms. The van der Waals surface area contributed by atoms with Gasteiger partial charge < -0.3 is 10.2 Å². The predicted molar refractivity (Wildman–Crippen MR) is 87.2 cm³/mol. The van der Waals surface area contributed by atoms with Gasteiger partial charge in [-0.3, -0.25) is 0 Å². The highest BCUT2D eigenvalue weighted by atomic mass is 15.1. The Bertz CT molecular complexity index is 403. The van der Waals surface area contributed by atoms with Gasteiger partial charge in [-0.2, -0.15) is 0 Å². The highest BCUT2D eigenvalue weighted by Crippen LogP contribution is 2.28. The molecule has 1 aliphatic carbocycles. The van der Waals surface area contributed by atoms with Crippen molar-refractivity contribution in [3.63, 3.8) is 0 Å². The lowest BCUT2D eigenvalue weighted by Gasteiger charge is -2.34. The van der Waals surface area contributed by atoms with Gasteiger partial charge in [0.25, 0.3) is 0 Å². The van der Waals surface area contributed by atoms with Crippen LogP contribution in [-0.2, 0) is 0 Å². The third-order valence-corrected chi connectivity index (χ3v) is 4.62. The first kappa shape index (κ1) is 15.5. The minimum absolute atomic E-state index is 0.439. The summed E-state index contributed by atoms with van der Waals surface area (Å²) in [5.74, 6) is 0.951. The summed E-state index contributed by atoms with van der Waals surface area (Å²) in [6.07, 6.45) is 4.31. The molecule has 0 saturated heterocycles. The van der Waals surface area contributed by atoms with Gasteiger partial charge in [-0.1, -0.05) is 42.7 Å². The van der Waals surface area contributed by atoms with Gasteiger partial charge in [-0.05, 0) is 51.8 Å². The van der Waals surface area contributed by atoms with Gasteiger partial charge in [-0.25, -0.2) is 0 Å². The van der Waals surface area contributed by atoms with E-state index in [-0.39, 0.29) is 0 Å². The Kier molecular flexibility index (Phi) is 5.62. The highest BCUT2D eigenvalue weighted by molar-refractivity contribution is 5.30. The molecule has 0 amide bonds. The standard InChI is InChI=1S/C18H30N2/c1-5-20(12-16-7-6-8-16)13-18(19-4)17-10-14(2)9-15(3)11-17/h9-11,16,18-19H,5-8,12-13H2,1-4H3. The fraction of sp³-hybridized carbons (Fsp3) is 0.667. The molecule has 1 aromatic rings. The van der Waals surface area contributed by atoms with Crippen LogP contribution in [0.15, 0.2) is 18.2 Å². The van der Waals surface area contributed by atoms with Crippen LogP contribution in [0, 0.1) is 19.8 Å². The van der Waals surface area contributed by atoms with E-state index in [2.05, 4.69) is 56.2 Å². The largest absolute Gasteiger partial charge is 0.312 e. The third kappa shape index (κ3) is 4.07. The zero-order valence-corrected chi connectivity index (χ0v) is 13.6. The molecule has 0 aromatic heterocycles. The van der Waals surface area contributed by atoms with Gasteiger partial charge >= 0.3 is 0 Å². The monoisotopic (exact) mass is 274 g/mol. The molecule has 1 atom stereocenters. The molecule has 2 heteroatoms. The lowest BCUT2D eigenvalue weighted by atomic mass is 9.85. The maximum atomic E-state index is 3.51. The lowest BCUT2D eigenvalue weighted by Crippen LogP contribution is -2.38. The topological polar surface area (TPSA) is 15.3 Å². The molecule has 1 unspecified atom stereocenters. The van der Waals surface area contributed by atoms with Crippen LogP contribution in [0.4, 0.5) is 0 Å². The second-order valence-corrected chi connectivity index (χ2v) is 6.41. The zero-order chi connectivity index (χ0) is 14.5. The van der Waals surface area contributed by atoms with Crippen molar-refractivity contribution >= 4 is 0 Å². The Morgan fingerprint density at radius 3 is 2.30 bits per heavy atom. The smallest absolute Gasteiger partial charge is 0.0447 e. The molecular formula is C18H30N2. The summed E-state index contributed by atoms with van der Waals surface area (Å²) in [5.41, 5.74) is 4.15. The Morgan fingerprint density at radius 1 is 1.20 bits per heavy atom. The Balaban J connectivity index is 2.02. The van der Waals surface area contributed by atoms with Crippen LogP contribution in [0.3, 0.4) is 0 Å². The van der Waals surface area contributed by atoms with Crippen molar-refractivity contribution in [2.24, 2.45) is 5.92 Å². The number of nitrogens with one attached hydrogen (secondary N) is 1. The third-order valence-electron chi connectivity index (χ3n) is 4.62. The SMILES string of the molecule is CCN(CC1CCC1)CC(NC)c1cc(C)cc(C)c1. The molecule has 0 radical (unpaired) electrons. The van der Waals surface area contributed by atoms with E-state index >= 15 is 0 Å². The van der Waals surface area contributed by atoms with Crippen molar-refractivity contribution < 1.29 is 0 Å². The summed E-state index contributed by atoms with van der Waals surface area (Å²) >= 11 is 0. The van der Waals surface area contributed by atoms with E-state index in [1.165, 1.54) is 42.5 Å². The number of hydrogen-bond acceptors (Lipinski definition) is 2. The number of aryl methyl sites for hydroxylation is 2. The molecule has 0 aliphatic heterocycles. The summed E-state index contributed by atoms with van der Waals surface area (Å²) in [5, 5.41) is 3.51. The lowest BCUT2D eigenvalue weighted by molar-refractivity contribution is 0.172. The first-order chi connectivity index (χ1) is 9.62. The van der Waals surface area contributed by atoms with Gasteiger partial charge in [0, 0.05) is 19.1 Å². The quantitative estimate of drug-likeness (QED) is 0.816. The summed E-state index contributed by atoms with van der Waals surface area (Å²) in [4.78, 5) is 2.61. The second-order valence-electron chi connectivity index (χ2n) is 6.41. The molecule has 0 spiro atoms. The second kappa shape index (κ2) is 7.24. The predicted octanol–water partition coefficient (Wildman–Crippen LogP) is 3.69. The number of benzene rings is 1. The van der Waals surface area contributed by atoms with E-state index in [9.17, 15) is 0 Å². The van der Waals surface area contributed by atoms with Crippen LogP contribution >= 0.6 is 0 Å². The number of likely N-dealkylation sites (N-methyl/N-ethyl adjacent to an activating group) is 2. The average molecular weight is 274 g/mol. The number of hydrogen-bond donors (Lipinski definition) is 1. The van der Waals surface area contributed by atoms with Crippen molar-refractivity contribution in [2.45, 2.75) is 46.1 Å². The molecular weight excluding hydrogens is 244 g/mol. The van der Waals surface area contributed by atoms with Crippen molar-refractivity contribution in [2.75, 3.05) is 26.7 Å². The van der Waals surface area contributed by atoms with Crippen molar-refractivity contribution in [3.05, 3.63) is 34.9 Å². The Hall–Kier alpha value is -0.860. The van der Waals surface area contributed by atoms with E-state index < -0.39 is 0 Å². The summed E-state index contributed by atoms with van der Waals surface area (Å²) < 4.78 is 0. The molecule has 2 rings (SSSR count). The summed E-state index contributed by atoms with van der Waals surface area (Å²) in [7, 11) is 2.08. The molecule has 1 N–H and O–H groups in total. The Labute approximate surface area is 124 Å². The molecule has 1 saturated carbocycles. The Morgan fingerprint density at radius 2 is 1.85 bits per heavy atom. The zero-order valence-electron chi connectivity index (χ0n) is 13.6. The molecule has 1 aliphatic rings. The molecule has 0 heterocycles. The maximum Gasteiger partial charge on any atom is 0.0447 e. The van der Waals surface area contributed by atoms with Gasteiger partial charge in [0.2, 0.25) is 0 Å². The van der Waals surface area contributed by atoms with Crippen LogP contribution in [-0.4, -0.2) is 31.6 Å². The normalized spacial score (nSPS) is 17.2. The fourth-order valence-electron chi connectivity index (χ4n) is 3.21. The minimum Gasteiger partial charge on any atom is -0.312 e. The number of nitrogens with zero attached hydrogens (tertiary/aromatic N) is 1. The van der Waals surface area contributed by atoms with E-state index in [4.69, 9.17) is 0 Å². The molecule has 2 nitrogen and oxygen atoms in total. The summed E-state index contributed by atoms with van der Waals surface area (Å²) in [6, 6.07) is 7.34. The van der Waals surface area contributed by atoms with Gasteiger partial charge in [0.1, 0.15) is 0 Å². The molecule has 1 aromatic carbocycles. The van der Waals surface area contributed by atoms with Gasteiger partial charge in [0.05, 0.1) is 0 Å². The van der Waals surface area contributed by atoms with Crippen LogP contribution in [0.5, 0.6) is 0 Å². The number of rotatable bonds is 7. The van der Waals surface area contributed by atoms with Crippen LogP contribution < -0.4 is 5.32 Å². The highest BCUT2D eigenvalue weighted by Gasteiger charge is 2.22. The van der Waals surface area contributed by atoms with Crippen molar-refractivity contribution in [1.82, 2.24) is 10.2 Å².